The molecule has 0 spiro atoms. The highest BCUT2D eigenvalue weighted by Crippen LogP contribution is 2.55. The predicted octanol–water partition coefficient (Wildman–Crippen LogP) is 4.21. The van der Waals surface area contributed by atoms with Gasteiger partial charge in [-0.05, 0) is 41.7 Å². The van der Waals surface area contributed by atoms with Crippen LogP contribution in [0.15, 0.2) is 72.9 Å². The van der Waals surface area contributed by atoms with Crippen molar-refractivity contribution >= 4 is 17.8 Å². The molecule has 1 amide bonds. The number of carboxylic acids is 2. The fourth-order valence-corrected chi connectivity index (χ4v) is 4.32. The van der Waals surface area contributed by atoms with Crippen molar-refractivity contribution in [3.05, 3.63) is 89.7 Å². The number of aliphatic carboxylic acids is 1. The molecule has 1 aliphatic carbocycles. The first-order valence-electron chi connectivity index (χ1n) is 10.7. The minimum atomic E-state index is -1.22. The number of benzene rings is 2. The number of pyridine rings is 1. The van der Waals surface area contributed by atoms with Crippen molar-refractivity contribution in [1.82, 2.24) is 10.3 Å². The molecule has 1 fully saturated rings. The van der Waals surface area contributed by atoms with Crippen LogP contribution in [0.5, 0.6) is 0 Å². The highest BCUT2D eigenvalue weighted by atomic mass is 16.4. The first-order valence-corrected chi connectivity index (χ1v) is 10.7. The summed E-state index contributed by atoms with van der Waals surface area (Å²) in [5.41, 5.74) is 2.44. The molecule has 2 aromatic carbocycles. The van der Waals surface area contributed by atoms with Crippen LogP contribution in [0.3, 0.4) is 0 Å². The third kappa shape index (κ3) is 4.77. The van der Waals surface area contributed by atoms with E-state index in [0.29, 0.717) is 6.42 Å². The Kier molecular flexibility index (Phi) is 5.96. The topological polar surface area (TPSA) is 117 Å². The number of aromatic carboxylic acids is 1. The molecule has 7 heteroatoms. The van der Waals surface area contributed by atoms with E-state index < -0.39 is 29.3 Å². The summed E-state index contributed by atoms with van der Waals surface area (Å²) in [6, 6.07) is 20.7. The molecule has 0 radical (unpaired) electrons. The molecule has 3 aromatic rings. The minimum absolute atomic E-state index is 0.0335. The van der Waals surface area contributed by atoms with E-state index in [2.05, 4.69) is 10.3 Å². The molecule has 0 bridgehead atoms. The van der Waals surface area contributed by atoms with Crippen LogP contribution in [-0.4, -0.2) is 38.6 Å². The average molecular weight is 444 g/mol. The van der Waals surface area contributed by atoms with Crippen molar-refractivity contribution in [3.63, 3.8) is 0 Å². The lowest BCUT2D eigenvalue weighted by molar-refractivity contribution is -0.141. The predicted molar refractivity (Wildman–Crippen MR) is 122 cm³/mol. The Morgan fingerprint density at radius 3 is 2.33 bits per heavy atom. The highest BCUT2D eigenvalue weighted by molar-refractivity contribution is 5.97. The van der Waals surface area contributed by atoms with Crippen LogP contribution in [0, 0.1) is 5.92 Å². The van der Waals surface area contributed by atoms with E-state index in [9.17, 15) is 19.5 Å². The van der Waals surface area contributed by atoms with Crippen molar-refractivity contribution in [2.75, 3.05) is 0 Å². The maximum Gasteiger partial charge on any atom is 0.354 e. The second-order valence-electron chi connectivity index (χ2n) is 8.53. The number of hydrogen-bond acceptors (Lipinski definition) is 4. The molecule has 1 unspecified atom stereocenters. The van der Waals surface area contributed by atoms with Gasteiger partial charge in [-0.2, -0.15) is 0 Å². The van der Waals surface area contributed by atoms with Gasteiger partial charge in [-0.3, -0.25) is 9.59 Å². The molecule has 1 saturated carbocycles. The van der Waals surface area contributed by atoms with E-state index >= 15 is 0 Å². The van der Waals surface area contributed by atoms with Gasteiger partial charge in [0, 0.05) is 23.2 Å². The zero-order valence-electron chi connectivity index (χ0n) is 18.1. The summed E-state index contributed by atoms with van der Waals surface area (Å²) in [6.07, 6.45) is 2.16. The standard InChI is InChI=1S/C26H24N2O5/c1-16(24(30)31)14-26(28-23(29)20-11-12-27-22(13-20)25(32)33)15-21(26)19-9-7-18(8-10-19)17-5-3-2-4-6-17/h2-13,16,21H,14-15H2,1H3,(H,28,29)(H,30,31)(H,32,33)/t16-,21+,26?/m1/s1. The molecule has 1 heterocycles. The van der Waals surface area contributed by atoms with Gasteiger partial charge in [-0.1, -0.05) is 61.5 Å². The van der Waals surface area contributed by atoms with Crippen LogP contribution in [-0.2, 0) is 4.79 Å². The van der Waals surface area contributed by atoms with Gasteiger partial charge >= 0.3 is 11.9 Å². The molecular formula is C26H24N2O5. The quantitative estimate of drug-likeness (QED) is 0.479. The van der Waals surface area contributed by atoms with E-state index in [-0.39, 0.29) is 23.6 Å². The molecule has 3 atom stereocenters. The normalized spacial score (nSPS) is 20.0. The smallest absolute Gasteiger partial charge is 0.354 e. The van der Waals surface area contributed by atoms with E-state index in [0.717, 1.165) is 16.7 Å². The van der Waals surface area contributed by atoms with Crippen LogP contribution in [0.2, 0.25) is 0 Å². The summed E-state index contributed by atoms with van der Waals surface area (Å²) < 4.78 is 0. The van der Waals surface area contributed by atoms with Gasteiger partial charge in [0.1, 0.15) is 5.69 Å². The van der Waals surface area contributed by atoms with E-state index in [1.165, 1.54) is 18.3 Å². The molecule has 7 nitrogen and oxygen atoms in total. The summed E-state index contributed by atoms with van der Waals surface area (Å²) >= 11 is 0. The van der Waals surface area contributed by atoms with Gasteiger partial charge in [-0.15, -0.1) is 0 Å². The number of hydrogen-bond donors (Lipinski definition) is 3. The van der Waals surface area contributed by atoms with Gasteiger partial charge in [0.25, 0.3) is 5.91 Å². The number of carbonyl (C=O) groups is 3. The minimum Gasteiger partial charge on any atom is -0.481 e. The Morgan fingerprint density at radius 1 is 1.03 bits per heavy atom. The fraction of sp³-hybridized carbons (Fsp3) is 0.231. The Morgan fingerprint density at radius 2 is 1.70 bits per heavy atom. The highest BCUT2D eigenvalue weighted by Gasteiger charge is 2.56. The third-order valence-electron chi connectivity index (χ3n) is 6.19. The lowest BCUT2D eigenvalue weighted by atomic mass is 9.94. The van der Waals surface area contributed by atoms with Crippen molar-refractivity contribution in [2.45, 2.75) is 31.2 Å². The van der Waals surface area contributed by atoms with Crippen molar-refractivity contribution < 1.29 is 24.6 Å². The second kappa shape index (κ2) is 8.86. The molecule has 33 heavy (non-hydrogen) atoms. The number of rotatable bonds is 8. The molecule has 1 aromatic heterocycles. The molecule has 3 N–H and O–H groups in total. The largest absolute Gasteiger partial charge is 0.481 e. The molecule has 0 aliphatic heterocycles. The van der Waals surface area contributed by atoms with E-state index in [1.54, 1.807) is 6.92 Å². The van der Waals surface area contributed by atoms with Gasteiger partial charge < -0.3 is 15.5 Å². The summed E-state index contributed by atoms with van der Waals surface area (Å²) in [6.45, 7) is 1.62. The Bertz CT molecular complexity index is 1190. The molecule has 1 aliphatic rings. The Hall–Kier alpha value is -4.00. The van der Waals surface area contributed by atoms with Gasteiger partial charge in [0.05, 0.1) is 5.92 Å². The SMILES string of the molecule is C[C@H](CC1(NC(=O)c2ccnc(C(=O)O)c2)C[C@H]1c1ccc(-c2ccccc2)cc1)C(=O)O. The van der Waals surface area contributed by atoms with Crippen molar-refractivity contribution in [3.8, 4) is 11.1 Å². The van der Waals surface area contributed by atoms with Crippen molar-refractivity contribution in [2.24, 2.45) is 5.92 Å². The number of aromatic nitrogens is 1. The fourth-order valence-electron chi connectivity index (χ4n) is 4.32. The number of nitrogens with one attached hydrogen (secondary N) is 1. The second-order valence-corrected chi connectivity index (χ2v) is 8.53. The number of amides is 1. The van der Waals surface area contributed by atoms with Crippen LogP contribution < -0.4 is 5.32 Å². The molecule has 4 rings (SSSR count). The average Bonchev–Trinajstić information content (AvgIpc) is 3.52. The zero-order valence-corrected chi connectivity index (χ0v) is 18.1. The summed E-state index contributed by atoms with van der Waals surface area (Å²) in [4.78, 5) is 39.4. The molecule has 0 saturated heterocycles. The van der Waals surface area contributed by atoms with Crippen LogP contribution >= 0.6 is 0 Å². The lowest BCUT2D eigenvalue weighted by Crippen LogP contribution is -2.40. The van der Waals surface area contributed by atoms with Crippen molar-refractivity contribution in [1.29, 1.82) is 0 Å². The summed E-state index contributed by atoms with van der Waals surface area (Å²) in [5, 5.41) is 21.6. The van der Waals surface area contributed by atoms with Gasteiger partial charge in [0.15, 0.2) is 0 Å². The first kappa shape index (κ1) is 22.2. The number of nitrogens with zero attached hydrogens (tertiary/aromatic N) is 1. The van der Waals surface area contributed by atoms with Gasteiger partial charge in [0.2, 0.25) is 0 Å². The first-order chi connectivity index (χ1) is 15.8. The maximum atomic E-state index is 13.0. The van der Waals surface area contributed by atoms with Crippen LogP contribution in [0.25, 0.3) is 11.1 Å². The third-order valence-corrected chi connectivity index (χ3v) is 6.19. The van der Waals surface area contributed by atoms with Gasteiger partial charge in [-0.25, -0.2) is 9.78 Å². The zero-order chi connectivity index (χ0) is 23.6. The van der Waals surface area contributed by atoms with Crippen LogP contribution in [0.1, 0.15) is 52.1 Å². The molecule has 168 valence electrons. The number of carbonyl (C=O) groups excluding carboxylic acids is 1. The lowest BCUT2D eigenvalue weighted by Gasteiger charge is -2.22. The van der Waals surface area contributed by atoms with E-state index in [4.69, 9.17) is 5.11 Å². The summed E-state index contributed by atoms with van der Waals surface area (Å²) in [5.74, 6) is -3.27. The monoisotopic (exact) mass is 444 g/mol. The maximum absolute atomic E-state index is 13.0. The molecular weight excluding hydrogens is 420 g/mol. The van der Waals surface area contributed by atoms with E-state index in [1.807, 2.05) is 54.6 Å². The van der Waals surface area contributed by atoms with Crippen LogP contribution in [0.4, 0.5) is 0 Å². The Labute approximate surface area is 191 Å². The number of carboxylic acid groups (broad SMARTS) is 2. The Balaban J connectivity index is 1.57. The summed E-state index contributed by atoms with van der Waals surface area (Å²) in [7, 11) is 0.